The topological polar surface area (TPSA) is 98.2 Å². The molecule has 0 saturated heterocycles. The summed E-state index contributed by atoms with van der Waals surface area (Å²) in [5, 5.41) is 14.9. The van der Waals surface area contributed by atoms with Crippen LogP contribution in [0.3, 0.4) is 0 Å². The van der Waals surface area contributed by atoms with Crippen LogP contribution in [0.1, 0.15) is 35.4 Å². The average Bonchev–Trinajstić information content (AvgIpc) is 3.33. The van der Waals surface area contributed by atoms with Gasteiger partial charge in [0.15, 0.2) is 17.3 Å². The van der Waals surface area contributed by atoms with Gasteiger partial charge in [0.25, 0.3) is 11.8 Å². The summed E-state index contributed by atoms with van der Waals surface area (Å²) in [7, 11) is 0. The van der Waals surface area contributed by atoms with Crippen LogP contribution in [0.25, 0.3) is 17.1 Å². The number of rotatable bonds is 6. The largest absolute Gasteiger partial charge is 0.345 e. The summed E-state index contributed by atoms with van der Waals surface area (Å²) < 4.78 is 20.3. The van der Waals surface area contributed by atoms with Crippen LogP contribution in [0, 0.1) is 5.82 Å². The number of pyridine rings is 1. The molecule has 9 heteroatoms. The smallest absolute Gasteiger partial charge is 0.258 e. The van der Waals surface area contributed by atoms with Gasteiger partial charge in [-0.2, -0.15) is 4.98 Å². The molecular weight excluding hydrogens is 363 g/mol. The van der Waals surface area contributed by atoms with Crippen molar-refractivity contribution >= 4 is 11.6 Å². The van der Waals surface area contributed by atoms with Gasteiger partial charge in [-0.1, -0.05) is 18.1 Å². The molecule has 4 rings (SSSR count). The number of hydrogen-bond acceptors (Lipinski definition) is 6. The normalized spacial score (nSPS) is 11.1. The Hall–Kier alpha value is -3.62. The summed E-state index contributed by atoms with van der Waals surface area (Å²) in [6, 6.07) is 9.10. The number of halogens is 1. The van der Waals surface area contributed by atoms with Gasteiger partial charge in [0.05, 0.1) is 6.54 Å². The van der Waals surface area contributed by atoms with E-state index < -0.39 is 5.82 Å². The molecule has 3 heterocycles. The first-order valence-electron chi connectivity index (χ1n) is 8.84. The fourth-order valence-corrected chi connectivity index (χ4v) is 2.78. The number of nitrogens with one attached hydrogen (secondary N) is 1. The number of carbonyl (C=O) groups is 1. The van der Waals surface area contributed by atoms with Crippen molar-refractivity contribution in [3.63, 3.8) is 0 Å². The Bertz CT molecular complexity index is 1140. The van der Waals surface area contributed by atoms with Gasteiger partial charge in [-0.15, -0.1) is 10.2 Å². The lowest BCUT2D eigenvalue weighted by molar-refractivity contribution is 0.0949. The lowest BCUT2D eigenvalue weighted by Gasteiger charge is -2.04. The van der Waals surface area contributed by atoms with Crippen molar-refractivity contribution in [1.82, 2.24) is 30.1 Å². The summed E-state index contributed by atoms with van der Waals surface area (Å²) in [5.74, 6) is 0.788. The molecule has 0 aliphatic carbocycles. The molecule has 8 nitrogen and oxygen atoms in total. The highest BCUT2D eigenvalue weighted by atomic mass is 19.1. The fourth-order valence-electron chi connectivity index (χ4n) is 2.78. The molecule has 0 bridgehead atoms. The molecule has 1 aromatic carbocycles. The van der Waals surface area contributed by atoms with Gasteiger partial charge in [0.2, 0.25) is 0 Å². The van der Waals surface area contributed by atoms with Gasteiger partial charge in [0.1, 0.15) is 5.82 Å². The van der Waals surface area contributed by atoms with Crippen molar-refractivity contribution in [2.45, 2.75) is 26.3 Å². The summed E-state index contributed by atoms with van der Waals surface area (Å²) in [4.78, 5) is 16.5. The van der Waals surface area contributed by atoms with Crippen LogP contribution < -0.4 is 5.32 Å². The van der Waals surface area contributed by atoms with Crippen LogP contribution in [-0.4, -0.2) is 30.6 Å². The molecule has 0 aliphatic rings. The first kappa shape index (κ1) is 17.8. The van der Waals surface area contributed by atoms with E-state index in [9.17, 15) is 9.18 Å². The molecule has 0 unspecified atom stereocenters. The van der Waals surface area contributed by atoms with E-state index in [0.29, 0.717) is 23.2 Å². The van der Waals surface area contributed by atoms with Crippen molar-refractivity contribution in [3.8, 4) is 11.5 Å². The summed E-state index contributed by atoms with van der Waals surface area (Å²) in [5.41, 5.74) is 1.57. The molecule has 3 aromatic heterocycles. The highest BCUT2D eigenvalue weighted by molar-refractivity contribution is 5.94. The maximum atomic E-state index is 13.2. The second-order valence-electron chi connectivity index (χ2n) is 6.22. The zero-order valence-electron chi connectivity index (χ0n) is 15.1. The molecular formula is C19H17FN6O2. The number of fused-ring (bicyclic) bond motifs is 1. The van der Waals surface area contributed by atoms with E-state index in [1.807, 2.05) is 13.0 Å². The van der Waals surface area contributed by atoms with Gasteiger partial charge < -0.3 is 9.84 Å². The van der Waals surface area contributed by atoms with E-state index in [1.165, 1.54) is 18.2 Å². The van der Waals surface area contributed by atoms with Crippen molar-refractivity contribution < 1.29 is 13.7 Å². The van der Waals surface area contributed by atoms with E-state index in [2.05, 4.69) is 25.7 Å². The average molecular weight is 380 g/mol. The molecule has 142 valence electrons. The third kappa shape index (κ3) is 3.59. The monoisotopic (exact) mass is 380 g/mol. The second kappa shape index (κ2) is 7.55. The molecule has 0 saturated carbocycles. The predicted octanol–water partition coefficient (Wildman–Crippen LogP) is 2.80. The predicted molar refractivity (Wildman–Crippen MR) is 97.8 cm³/mol. The van der Waals surface area contributed by atoms with Gasteiger partial charge >= 0.3 is 0 Å². The molecule has 0 radical (unpaired) electrons. The van der Waals surface area contributed by atoms with Crippen molar-refractivity contribution in [2.24, 2.45) is 0 Å². The minimum Gasteiger partial charge on any atom is -0.345 e. The maximum absolute atomic E-state index is 13.2. The fraction of sp³-hybridized carbons (Fsp3) is 0.211. The van der Waals surface area contributed by atoms with Gasteiger partial charge in [-0.05, 0) is 36.8 Å². The number of aromatic nitrogens is 5. The van der Waals surface area contributed by atoms with Crippen molar-refractivity contribution in [2.75, 3.05) is 0 Å². The Morgan fingerprint density at radius 2 is 2.14 bits per heavy atom. The Morgan fingerprint density at radius 1 is 1.25 bits per heavy atom. The quantitative estimate of drug-likeness (QED) is 0.552. The number of nitrogens with zero attached hydrogens (tertiary/aromatic N) is 5. The molecule has 28 heavy (non-hydrogen) atoms. The van der Waals surface area contributed by atoms with Crippen LogP contribution in [0.5, 0.6) is 0 Å². The van der Waals surface area contributed by atoms with E-state index in [0.717, 1.165) is 18.4 Å². The standard InChI is InChI=1S/C19H17FN6O2/c1-2-4-15-22-19(28-25-15)13-7-8-26-16(10-13)23-24-17(26)11-21-18(27)12-5-3-6-14(20)9-12/h3,5-10H,2,4,11H2,1H3,(H,21,27). The van der Waals surface area contributed by atoms with E-state index in [1.54, 1.807) is 22.7 Å². The summed E-state index contributed by atoms with van der Waals surface area (Å²) in [6.45, 7) is 2.20. The Labute approximate surface area is 159 Å². The van der Waals surface area contributed by atoms with Crippen molar-refractivity contribution in [3.05, 3.63) is 65.6 Å². The molecule has 0 spiro atoms. The van der Waals surface area contributed by atoms with Gasteiger partial charge in [0, 0.05) is 23.7 Å². The van der Waals surface area contributed by atoms with Gasteiger partial charge in [-0.25, -0.2) is 4.39 Å². The first-order chi connectivity index (χ1) is 13.6. The molecule has 0 fully saturated rings. The lowest BCUT2D eigenvalue weighted by atomic mass is 10.2. The first-order valence-corrected chi connectivity index (χ1v) is 8.84. The molecule has 1 amide bonds. The molecule has 0 aliphatic heterocycles. The van der Waals surface area contributed by atoms with Crippen LogP contribution in [0.4, 0.5) is 4.39 Å². The zero-order valence-corrected chi connectivity index (χ0v) is 15.1. The molecule has 4 aromatic rings. The van der Waals surface area contributed by atoms with E-state index in [4.69, 9.17) is 4.52 Å². The Morgan fingerprint density at radius 3 is 2.96 bits per heavy atom. The number of hydrogen-bond donors (Lipinski definition) is 1. The highest BCUT2D eigenvalue weighted by Crippen LogP contribution is 2.19. The Kier molecular flexibility index (Phi) is 4.79. The SMILES string of the molecule is CCCc1noc(-c2ccn3c(CNC(=O)c4cccc(F)c4)nnc3c2)n1. The zero-order chi connectivity index (χ0) is 19.5. The van der Waals surface area contributed by atoms with Gasteiger partial charge in [-0.3, -0.25) is 9.20 Å². The maximum Gasteiger partial charge on any atom is 0.258 e. The number of aryl methyl sites for hydroxylation is 1. The molecule has 1 N–H and O–H groups in total. The third-order valence-electron chi connectivity index (χ3n) is 4.16. The second-order valence-corrected chi connectivity index (χ2v) is 6.22. The van der Waals surface area contributed by atoms with Crippen LogP contribution >= 0.6 is 0 Å². The molecule has 0 atom stereocenters. The number of carbonyl (C=O) groups excluding carboxylic acids is 1. The van der Waals surface area contributed by atoms with E-state index in [-0.39, 0.29) is 18.0 Å². The minimum absolute atomic E-state index is 0.150. The lowest BCUT2D eigenvalue weighted by Crippen LogP contribution is -2.24. The Balaban J connectivity index is 1.50. The number of benzene rings is 1. The van der Waals surface area contributed by atoms with Crippen LogP contribution in [0.15, 0.2) is 47.1 Å². The van der Waals surface area contributed by atoms with E-state index >= 15 is 0 Å². The summed E-state index contributed by atoms with van der Waals surface area (Å²) >= 11 is 0. The number of amides is 1. The third-order valence-corrected chi connectivity index (χ3v) is 4.16. The minimum atomic E-state index is -0.462. The van der Waals surface area contributed by atoms with Crippen LogP contribution in [-0.2, 0) is 13.0 Å². The van der Waals surface area contributed by atoms with Crippen molar-refractivity contribution in [1.29, 1.82) is 0 Å². The highest BCUT2D eigenvalue weighted by Gasteiger charge is 2.13. The summed E-state index contributed by atoms with van der Waals surface area (Å²) in [6.07, 6.45) is 3.47. The van der Waals surface area contributed by atoms with Crippen LogP contribution in [0.2, 0.25) is 0 Å².